The van der Waals surface area contributed by atoms with Gasteiger partial charge in [-0.2, -0.15) is 5.16 Å². The van der Waals surface area contributed by atoms with E-state index in [0.717, 1.165) is 11.3 Å². The summed E-state index contributed by atoms with van der Waals surface area (Å²) in [5.41, 5.74) is 1.82. The molecule has 2 rings (SSSR count). The molecule has 2 heterocycles. The van der Waals surface area contributed by atoms with Crippen LogP contribution in [0.4, 0.5) is 0 Å². The molecule has 0 aliphatic carbocycles. The number of aromatic amines is 1. The molecule has 0 fully saturated rings. The highest BCUT2D eigenvalue weighted by atomic mass is 16.5. The number of rotatable bonds is 6. The Balaban J connectivity index is 1.79. The fourth-order valence-corrected chi connectivity index (χ4v) is 2.10. The Labute approximate surface area is 122 Å². The number of pyridine rings is 1. The number of aromatic nitrogens is 2. The summed E-state index contributed by atoms with van der Waals surface area (Å²) in [7, 11) is 0. The lowest BCUT2D eigenvalue weighted by Gasteiger charge is -2.14. The lowest BCUT2D eigenvalue weighted by atomic mass is 10.1. The number of nitrogens with zero attached hydrogens (tertiary/aromatic N) is 1. The van der Waals surface area contributed by atoms with Crippen molar-refractivity contribution in [1.29, 1.82) is 0 Å². The molecule has 2 N–H and O–H groups in total. The first-order chi connectivity index (χ1) is 10.0. The average molecular weight is 289 g/mol. The molecule has 1 amide bonds. The molecule has 0 saturated heterocycles. The molecule has 0 spiro atoms. The van der Waals surface area contributed by atoms with Crippen molar-refractivity contribution in [2.75, 3.05) is 0 Å². The van der Waals surface area contributed by atoms with E-state index in [-0.39, 0.29) is 23.9 Å². The summed E-state index contributed by atoms with van der Waals surface area (Å²) < 4.78 is 4.90. The zero-order chi connectivity index (χ0) is 15.2. The maximum absolute atomic E-state index is 11.8. The van der Waals surface area contributed by atoms with Gasteiger partial charge in [-0.05, 0) is 25.5 Å². The second-order valence-electron chi connectivity index (χ2n) is 5.12. The van der Waals surface area contributed by atoms with Gasteiger partial charge in [-0.25, -0.2) is 0 Å². The second kappa shape index (κ2) is 6.88. The predicted molar refractivity (Wildman–Crippen MR) is 77.9 cm³/mol. The molecule has 6 heteroatoms. The number of hydrogen-bond acceptors (Lipinski definition) is 4. The molecule has 21 heavy (non-hydrogen) atoms. The SMILES string of the molecule is Cc1cccnc1CC(C)NC(=O)CCc1cc(=O)[nH]o1. The Morgan fingerprint density at radius 1 is 1.52 bits per heavy atom. The van der Waals surface area contributed by atoms with E-state index in [2.05, 4.69) is 15.5 Å². The van der Waals surface area contributed by atoms with Crippen molar-refractivity contribution in [3.8, 4) is 0 Å². The van der Waals surface area contributed by atoms with E-state index in [1.807, 2.05) is 26.0 Å². The third-order valence-corrected chi connectivity index (χ3v) is 3.20. The van der Waals surface area contributed by atoms with Crippen LogP contribution >= 0.6 is 0 Å². The third-order valence-electron chi connectivity index (χ3n) is 3.20. The number of H-pyrrole nitrogens is 1. The first kappa shape index (κ1) is 15.0. The molecule has 112 valence electrons. The van der Waals surface area contributed by atoms with Gasteiger partial charge < -0.3 is 9.84 Å². The van der Waals surface area contributed by atoms with Crippen LogP contribution in [0.3, 0.4) is 0 Å². The van der Waals surface area contributed by atoms with Crippen LogP contribution in [-0.4, -0.2) is 22.1 Å². The van der Waals surface area contributed by atoms with E-state index in [9.17, 15) is 9.59 Å². The average Bonchev–Trinajstić information content (AvgIpc) is 2.85. The number of nitrogens with one attached hydrogen (secondary N) is 2. The van der Waals surface area contributed by atoms with Gasteiger partial charge in [-0.3, -0.25) is 14.6 Å². The molecule has 0 saturated carbocycles. The van der Waals surface area contributed by atoms with E-state index in [1.54, 1.807) is 6.20 Å². The fourth-order valence-electron chi connectivity index (χ4n) is 2.10. The molecular weight excluding hydrogens is 270 g/mol. The Kier molecular flexibility index (Phi) is 4.92. The normalized spacial score (nSPS) is 12.1. The second-order valence-corrected chi connectivity index (χ2v) is 5.12. The quantitative estimate of drug-likeness (QED) is 0.840. The number of amides is 1. The zero-order valence-electron chi connectivity index (χ0n) is 12.2. The van der Waals surface area contributed by atoms with Crippen LogP contribution in [0.1, 0.15) is 30.4 Å². The van der Waals surface area contributed by atoms with Crippen LogP contribution in [0.5, 0.6) is 0 Å². The third kappa shape index (κ3) is 4.59. The predicted octanol–water partition coefficient (Wildman–Crippen LogP) is 1.35. The summed E-state index contributed by atoms with van der Waals surface area (Å²) in [5.74, 6) is 0.420. The Bertz CT molecular complexity index is 660. The Morgan fingerprint density at radius 2 is 2.33 bits per heavy atom. The van der Waals surface area contributed by atoms with Gasteiger partial charge in [-0.15, -0.1) is 0 Å². The van der Waals surface area contributed by atoms with Crippen molar-refractivity contribution in [1.82, 2.24) is 15.5 Å². The lowest BCUT2D eigenvalue weighted by molar-refractivity contribution is -0.121. The van der Waals surface area contributed by atoms with Crippen molar-refractivity contribution < 1.29 is 9.32 Å². The summed E-state index contributed by atoms with van der Waals surface area (Å²) in [6.07, 6.45) is 3.13. The fraction of sp³-hybridized carbons (Fsp3) is 0.400. The van der Waals surface area contributed by atoms with Crippen LogP contribution in [0.2, 0.25) is 0 Å². The maximum atomic E-state index is 11.8. The molecule has 2 aromatic heterocycles. The molecule has 1 atom stereocenters. The van der Waals surface area contributed by atoms with Gasteiger partial charge in [0.15, 0.2) is 0 Å². The molecule has 0 radical (unpaired) electrons. The first-order valence-electron chi connectivity index (χ1n) is 6.92. The highest BCUT2D eigenvalue weighted by Gasteiger charge is 2.11. The van der Waals surface area contributed by atoms with E-state index in [0.29, 0.717) is 18.6 Å². The van der Waals surface area contributed by atoms with Crippen molar-refractivity contribution in [2.24, 2.45) is 0 Å². The molecule has 0 aliphatic heterocycles. The minimum atomic E-state index is -0.288. The first-order valence-corrected chi connectivity index (χ1v) is 6.92. The Hall–Kier alpha value is -2.37. The molecule has 0 aliphatic rings. The van der Waals surface area contributed by atoms with E-state index in [4.69, 9.17) is 4.52 Å². The summed E-state index contributed by atoms with van der Waals surface area (Å²) in [5, 5.41) is 5.13. The smallest absolute Gasteiger partial charge is 0.280 e. The lowest BCUT2D eigenvalue weighted by Crippen LogP contribution is -2.34. The van der Waals surface area contributed by atoms with Crippen molar-refractivity contribution >= 4 is 5.91 Å². The van der Waals surface area contributed by atoms with Crippen LogP contribution in [0.15, 0.2) is 33.7 Å². The van der Waals surface area contributed by atoms with Crippen LogP contribution in [0.25, 0.3) is 0 Å². The highest BCUT2D eigenvalue weighted by molar-refractivity contribution is 5.76. The van der Waals surface area contributed by atoms with Crippen molar-refractivity contribution in [3.05, 3.63) is 51.8 Å². The highest BCUT2D eigenvalue weighted by Crippen LogP contribution is 2.06. The molecule has 0 aromatic carbocycles. The summed E-state index contributed by atoms with van der Waals surface area (Å²) >= 11 is 0. The minimum Gasteiger partial charge on any atom is -0.384 e. The topological polar surface area (TPSA) is 88.0 Å². The molecule has 1 unspecified atom stereocenters. The number of aryl methyl sites for hydroxylation is 2. The van der Waals surface area contributed by atoms with Crippen LogP contribution in [-0.2, 0) is 17.6 Å². The van der Waals surface area contributed by atoms with Gasteiger partial charge in [0.1, 0.15) is 5.76 Å². The molecular formula is C15H19N3O3. The van der Waals surface area contributed by atoms with Gasteiger partial charge >= 0.3 is 0 Å². The summed E-state index contributed by atoms with van der Waals surface area (Å²) in [6, 6.07) is 5.26. The van der Waals surface area contributed by atoms with Gasteiger partial charge in [0.2, 0.25) is 5.91 Å². The van der Waals surface area contributed by atoms with Gasteiger partial charge in [0, 0.05) is 43.3 Å². The van der Waals surface area contributed by atoms with Gasteiger partial charge in [0.05, 0.1) is 0 Å². The van der Waals surface area contributed by atoms with Crippen LogP contribution < -0.4 is 10.9 Å². The summed E-state index contributed by atoms with van der Waals surface area (Å²) in [4.78, 5) is 27.1. The minimum absolute atomic E-state index is 0.00401. The number of hydrogen-bond donors (Lipinski definition) is 2. The molecule has 6 nitrogen and oxygen atoms in total. The van der Waals surface area contributed by atoms with E-state index >= 15 is 0 Å². The zero-order valence-corrected chi connectivity index (χ0v) is 12.2. The number of carbonyl (C=O) groups excluding carboxylic acids is 1. The largest absolute Gasteiger partial charge is 0.384 e. The Morgan fingerprint density at radius 3 is 3.00 bits per heavy atom. The van der Waals surface area contributed by atoms with E-state index < -0.39 is 0 Å². The standard InChI is InChI=1S/C15H19N3O3/c1-10-4-3-7-16-13(10)8-11(2)17-14(19)6-5-12-9-15(20)18-21-12/h3-4,7,9,11H,5-6,8H2,1-2H3,(H,17,19)(H,18,20). The maximum Gasteiger partial charge on any atom is 0.280 e. The molecule has 2 aromatic rings. The van der Waals surface area contributed by atoms with Crippen molar-refractivity contribution in [2.45, 2.75) is 39.2 Å². The van der Waals surface area contributed by atoms with E-state index in [1.165, 1.54) is 6.07 Å². The summed E-state index contributed by atoms with van der Waals surface area (Å²) in [6.45, 7) is 3.95. The monoisotopic (exact) mass is 289 g/mol. The van der Waals surface area contributed by atoms with Gasteiger partial charge in [-0.1, -0.05) is 6.07 Å². The van der Waals surface area contributed by atoms with Crippen LogP contribution in [0, 0.1) is 6.92 Å². The van der Waals surface area contributed by atoms with Gasteiger partial charge in [0.25, 0.3) is 5.56 Å². The molecule has 0 bridgehead atoms. The number of carbonyl (C=O) groups is 1. The van der Waals surface area contributed by atoms with Crippen molar-refractivity contribution in [3.63, 3.8) is 0 Å².